The fourth-order valence-corrected chi connectivity index (χ4v) is 1.34. The number of aliphatic carboxylic acids is 1. The Bertz CT molecular complexity index is 641. The molecule has 0 aliphatic rings. The standard InChI is InChI=1S/C7H6N8O2/c8-5-4-6(11-2-10-5)15(1-3(16)17)7(12-4)13-14-9/h2H,1H2,(H,16,17)(H2,8,10,11). The Morgan fingerprint density at radius 1 is 1.65 bits per heavy atom. The second-order valence-electron chi connectivity index (χ2n) is 3.01. The number of hydrogen-bond donors (Lipinski definition) is 2. The minimum absolute atomic E-state index is 0.0912. The molecule has 86 valence electrons. The lowest BCUT2D eigenvalue weighted by Crippen LogP contribution is -2.09. The van der Waals surface area contributed by atoms with Gasteiger partial charge in [-0.15, -0.1) is 0 Å². The molecule has 0 amide bonds. The third-order valence-corrected chi connectivity index (χ3v) is 1.97. The Kier molecular flexibility index (Phi) is 2.47. The summed E-state index contributed by atoms with van der Waals surface area (Å²) in [5.41, 5.74) is 14.3. The zero-order valence-corrected chi connectivity index (χ0v) is 8.35. The van der Waals surface area contributed by atoms with Crippen LogP contribution in [0.3, 0.4) is 0 Å². The predicted molar refractivity (Wildman–Crippen MR) is 56.2 cm³/mol. The summed E-state index contributed by atoms with van der Waals surface area (Å²) >= 11 is 0. The molecule has 0 fully saturated rings. The molecule has 0 aromatic carbocycles. The van der Waals surface area contributed by atoms with Gasteiger partial charge in [0.25, 0.3) is 0 Å². The van der Waals surface area contributed by atoms with E-state index in [0.29, 0.717) is 0 Å². The molecular weight excluding hydrogens is 228 g/mol. The first kappa shape index (κ1) is 10.6. The van der Waals surface area contributed by atoms with Gasteiger partial charge in [0.05, 0.1) is 0 Å². The van der Waals surface area contributed by atoms with Crippen molar-refractivity contribution in [3.05, 3.63) is 16.8 Å². The van der Waals surface area contributed by atoms with Gasteiger partial charge in [-0.3, -0.25) is 9.36 Å². The fourth-order valence-electron chi connectivity index (χ4n) is 1.34. The van der Waals surface area contributed by atoms with Crippen LogP contribution in [-0.4, -0.2) is 30.6 Å². The Morgan fingerprint density at radius 2 is 2.41 bits per heavy atom. The maximum absolute atomic E-state index is 10.7. The van der Waals surface area contributed by atoms with E-state index < -0.39 is 12.5 Å². The maximum atomic E-state index is 10.7. The minimum Gasteiger partial charge on any atom is -0.480 e. The normalized spacial score (nSPS) is 10.1. The molecule has 2 rings (SSSR count). The molecule has 0 atom stereocenters. The second kappa shape index (κ2) is 3.94. The van der Waals surface area contributed by atoms with Crippen molar-refractivity contribution in [1.82, 2.24) is 19.5 Å². The lowest BCUT2D eigenvalue weighted by atomic mass is 10.5. The molecule has 0 spiro atoms. The largest absolute Gasteiger partial charge is 0.480 e. The van der Waals surface area contributed by atoms with Gasteiger partial charge in [-0.1, -0.05) is 0 Å². The number of imidazole rings is 1. The Balaban J connectivity index is 2.75. The number of fused-ring (bicyclic) bond motifs is 1. The SMILES string of the molecule is [N-]=[N+]=Nc1nc2c(N)ncnc2n1CC(=O)O. The van der Waals surface area contributed by atoms with Gasteiger partial charge in [0.1, 0.15) is 12.9 Å². The van der Waals surface area contributed by atoms with E-state index in [1.54, 1.807) is 0 Å². The number of nitrogens with zero attached hydrogens (tertiary/aromatic N) is 7. The van der Waals surface area contributed by atoms with Crippen LogP contribution in [-0.2, 0) is 11.3 Å². The zero-order chi connectivity index (χ0) is 12.4. The van der Waals surface area contributed by atoms with E-state index in [-0.39, 0.29) is 22.9 Å². The number of rotatable bonds is 3. The molecule has 0 aliphatic heterocycles. The molecule has 0 unspecified atom stereocenters. The van der Waals surface area contributed by atoms with Crippen molar-refractivity contribution in [3.63, 3.8) is 0 Å². The van der Waals surface area contributed by atoms with E-state index >= 15 is 0 Å². The van der Waals surface area contributed by atoms with Crippen molar-refractivity contribution >= 4 is 28.9 Å². The molecule has 10 nitrogen and oxygen atoms in total. The van der Waals surface area contributed by atoms with Crippen LogP contribution in [0.5, 0.6) is 0 Å². The van der Waals surface area contributed by atoms with E-state index in [1.165, 1.54) is 6.33 Å². The number of hydrogen-bond acceptors (Lipinski definition) is 6. The molecule has 0 saturated heterocycles. The molecule has 0 bridgehead atoms. The third-order valence-electron chi connectivity index (χ3n) is 1.97. The summed E-state index contributed by atoms with van der Waals surface area (Å²) in [7, 11) is 0. The van der Waals surface area contributed by atoms with Crippen LogP contribution in [0.25, 0.3) is 21.6 Å². The summed E-state index contributed by atoms with van der Waals surface area (Å²) in [6, 6.07) is 0. The van der Waals surface area contributed by atoms with Crippen molar-refractivity contribution < 1.29 is 9.90 Å². The van der Waals surface area contributed by atoms with Crippen molar-refractivity contribution in [2.75, 3.05) is 5.73 Å². The first-order valence-electron chi connectivity index (χ1n) is 4.37. The van der Waals surface area contributed by atoms with Crippen LogP contribution >= 0.6 is 0 Å². The van der Waals surface area contributed by atoms with Crippen molar-refractivity contribution in [2.45, 2.75) is 6.54 Å². The fraction of sp³-hybridized carbons (Fsp3) is 0.143. The monoisotopic (exact) mass is 234 g/mol. The number of carboxylic acids is 1. The first-order chi connectivity index (χ1) is 8.13. The van der Waals surface area contributed by atoms with Gasteiger partial charge in [0.15, 0.2) is 22.9 Å². The molecule has 17 heavy (non-hydrogen) atoms. The Labute approximate surface area is 93.4 Å². The summed E-state index contributed by atoms with van der Waals surface area (Å²) in [5.74, 6) is -1.14. The second-order valence-corrected chi connectivity index (χ2v) is 3.01. The highest BCUT2D eigenvalue weighted by atomic mass is 16.4. The Hall–Kier alpha value is -2.87. The van der Waals surface area contributed by atoms with Gasteiger partial charge in [-0.05, 0) is 10.6 Å². The molecule has 10 heteroatoms. The number of carboxylic acid groups (broad SMARTS) is 1. The van der Waals surface area contributed by atoms with Crippen LogP contribution in [0.4, 0.5) is 11.8 Å². The molecule has 2 aromatic heterocycles. The molecular formula is C7H6N8O2. The lowest BCUT2D eigenvalue weighted by molar-refractivity contribution is -0.137. The molecule has 2 heterocycles. The summed E-state index contributed by atoms with van der Waals surface area (Å²) in [6.07, 6.45) is 1.18. The van der Waals surface area contributed by atoms with Gasteiger partial charge in [-0.2, -0.15) is 0 Å². The highest BCUT2D eigenvalue weighted by molar-refractivity contribution is 5.84. The van der Waals surface area contributed by atoms with Crippen LogP contribution in [0.2, 0.25) is 0 Å². The number of azide groups is 1. The van der Waals surface area contributed by atoms with Crippen LogP contribution in [0, 0.1) is 0 Å². The van der Waals surface area contributed by atoms with Gasteiger partial charge < -0.3 is 10.8 Å². The van der Waals surface area contributed by atoms with Crippen LogP contribution < -0.4 is 5.73 Å². The van der Waals surface area contributed by atoms with E-state index in [2.05, 4.69) is 25.0 Å². The molecule has 2 aromatic rings. The highest BCUT2D eigenvalue weighted by Gasteiger charge is 2.15. The number of carbonyl (C=O) groups is 1. The van der Waals surface area contributed by atoms with E-state index in [4.69, 9.17) is 16.4 Å². The Morgan fingerprint density at radius 3 is 3.06 bits per heavy atom. The lowest BCUT2D eigenvalue weighted by Gasteiger charge is -2.00. The van der Waals surface area contributed by atoms with Crippen LogP contribution in [0.15, 0.2) is 11.4 Å². The topological polar surface area (TPSA) is 156 Å². The summed E-state index contributed by atoms with van der Waals surface area (Å²) < 4.78 is 1.15. The van der Waals surface area contributed by atoms with Crippen molar-refractivity contribution in [3.8, 4) is 0 Å². The van der Waals surface area contributed by atoms with E-state index in [1.807, 2.05) is 0 Å². The molecule has 0 aliphatic carbocycles. The third kappa shape index (κ3) is 1.79. The van der Waals surface area contributed by atoms with Crippen LogP contribution in [0.1, 0.15) is 0 Å². The maximum Gasteiger partial charge on any atom is 0.323 e. The quantitative estimate of drug-likeness (QED) is 0.445. The van der Waals surface area contributed by atoms with Crippen molar-refractivity contribution in [1.29, 1.82) is 0 Å². The smallest absolute Gasteiger partial charge is 0.323 e. The van der Waals surface area contributed by atoms with E-state index in [0.717, 1.165) is 4.57 Å². The molecule has 3 N–H and O–H groups in total. The van der Waals surface area contributed by atoms with E-state index in [9.17, 15) is 4.79 Å². The number of aromatic nitrogens is 4. The molecule has 0 saturated carbocycles. The average molecular weight is 234 g/mol. The van der Waals surface area contributed by atoms with Crippen molar-refractivity contribution in [2.24, 2.45) is 5.11 Å². The number of anilines is 1. The van der Waals surface area contributed by atoms with Gasteiger partial charge >= 0.3 is 5.97 Å². The summed E-state index contributed by atoms with van der Waals surface area (Å²) in [4.78, 5) is 24.7. The number of nitrogen functional groups attached to an aromatic ring is 1. The van der Waals surface area contributed by atoms with Gasteiger partial charge in [-0.25, -0.2) is 15.0 Å². The van der Waals surface area contributed by atoms with Gasteiger partial charge in [0, 0.05) is 4.91 Å². The van der Waals surface area contributed by atoms with Gasteiger partial charge in [0.2, 0.25) is 0 Å². The zero-order valence-electron chi connectivity index (χ0n) is 8.35. The minimum atomic E-state index is -1.11. The average Bonchev–Trinajstić information content (AvgIpc) is 2.59. The summed E-state index contributed by atoms with van der Waals surface area (Å²) in [5, 5.41) is 12.0. The highest BCUT2D eigenvalue weighted by Crippen LogP contribution is 2.22. The first-order valence-corrected chi connectivity index (χ1v) is 4.37. The number of nitrogens with two attached hydrogens (primary N) is 1. The summed E-state index contributed by atoms with van der Waals surface area (Å²) in [6.45, 7) is -0.429. The predicted octanol–water partition coefficient (Wildman–Crippen LogP) is 0.435. The molecule has 0 radical (unpaired) electrons.